The number of nitrogens with zero attached hydrogens (tertiary/aromatic N) is 2. The molecule has 0 unspecified atom stereocenters. The molecule has 0 spiro atoms. The zero-order chi connectivity index (χ0) is 13.8. The van der Waals surface area contributed by atoms with Gasteiger partial charge in [0.1, 0.15) is 5.69 Å². The van der Waals surface area contributed by atoms with Crippen LogP contribution in [0.1, 0.15) is 22.5 Å². The molecule has 0 aliphatic heterocycles. The average Bonchev–Trinajstić information content (AvgIpc) is 2.46. The predicted octanol–water partition coefficient (Wildman–Crippen LogP) is 2.87. The summed E-state index contributed by atoms with van der Waals surface area (Å²) in [6.45, 7) is 0. The van der Waals surface area contributed by atoms with Gasteiger partial charge in [-0.05, 0) is 23.8 Å². The molecule has 2 heterocycles. The normalized spacial score (nSPS) is 10.5. The summed E-state index contributed by atoms with van der Waals surface area (Å²) in [5, 5.41) is 0. The molecule has 0 atom stereocenters. The summed E-state index contributed by atoms with van der Waals surface area (Å²) in [6.07, 6.45) is 1.49. The first-order valence-electron chi connectivity index (χ1n) is 5.39. The number of hydrogen-bond donors (Lipinski definition) is 0. The number of esters is 1. The van der Waals surface area contributed by atoms with E-state index in [9.17, 15) is 13.6 Å². The van der Waals surface area contributed by atoms with Gasteiger partial charge < -0.3 is 4.74 Å². The summed E-state index contributed by atoms with van der Waals surface area (Å²) in [4.78, 5) is 18.8. The lowest BCUT2D eigenvalue weighted by Gasteiger charge is -2.05. The number of halogens is 2. The van der Waals surface area contributed by atoms with Crippen molar-refractivity contribution in [3.05, 3.63) is 48.0 Å². The fourth-order valence-electron chi connectivity index (χ4n) is 1.57. The highest BCUT2D eigenvalue weighted by atomic mass is 19.3. The molecule has 0 N–H and O–H groups in total. The Bertz CT molecular complexity index is 603. The molecule has 4 nitrogen and oxygen atoms in total. The minimum absolute atomic E-state index is 0.260. The topological polar surface area (TPSA) is 52.1 Å². The lowest BCUT2D eigenvalue weighted by molar-refractivity contribution is 0.0600. The SMILES string of the molecule is COC(=O)c1cncc(-c2ccnc(C(F)F)c2)c1. The molecule has 0 aromatic carbocycles. The summed E-state index contributed by atoms with van der Waals surface area (Å²) < 4.78 is 29.7. The van der Waals surface area contributed by atoms with Crippen LogP contribution in [-0.2, 0) is 4.74 Å². The van der Waals surface area contributed by atoms with E-state index in [1.165, 1.54) is 37.8 Å². The monoisotopic (exact) mass is 264 g/mol. The number of hydrogen-bond acceptors (Lipinski definition) is 4. The second-order valence-electron chi connectivity index (χ2n) is 3.72. The Hall–Kier alpha value is -2.37. The van der Waals surface area contributed by atoms with E-state index >= 15 is 0 Å². The van der Waals surface area contributed by atoms with Crippen molar-refractivity contribution in [2.75, 3.05) is 7.11 Å². The second kappa shape index (κ2) is 5.51. The molecule has 0 radical (unpaired) electrons. The molecule has 19 heavy (non-hydrogen) atoms. The molecular formula is C13H10F2N2O2. The third-order valence-corrected chi connectivity index (χ3v) is 2.50. The Kier molecular flexibility index (Phi) is 3.79. The van der Waals surface area contributed by atoms with Gasteiger partial charge in [0.05, 0.1) is 12.7 Å². The van der Waals surface area contributed by atoms with Gasteiger partial charge in [0, 0.05) is 24.2 Å². The van der Waals surface area contributed by atoms with Crippen molar-refractivity contribution in [1.29, 1.82) is 0 Å². The van der Waals surface area contributed by atoms with Crippen LogP contribution < -0.4 is 0 Å². The first kappa shape index (κ1) is 13.1. The number of methoxy groups -OCH3 is 1. The van der Waals surface area contributed by atoms with Crippen molar-refractivity contribution in [3.63, 3.8) is 0 Å². The Morgan fingerprint density at radius 1 is 1.26 bits per heavy atom. The Morgan fingerprint density at radius 3 is 2.74 bits per heavy atom. The fraction of sp³-hybridized carbons (Fsp3) is 0.154. The van der Waals surface area contributed by atoms with E-state index in [0.29, 0.717) is 11.1 Å². The lowest BCUT2D eigenvalue weighted by Crippen LogP contribution is -2.02. The van der Waals surface area contributed by atoms with Crippen molar-refractivity contribution in [1.82, 2.24) is 9.97 Å². The Balaban J connectivity index is 2.41. The van der Waals surface area contributed by atoms with Gasteiger partial charge in [0.25, 0.3) is 6.43 Å². The van der Waals surface area contributed by atoms with Gasteiger partial charge in [-0.2, -0.15) is 0 Å². The molecule has 0 aliphatic carbocycles. The zero-order valence-electron chi connectivity index (χ0n) is 10.0. The number of pyridine rings is 2. The number of carbonyl (C=O) groups excluding carboxylic acids is 1. The van der Waals surface area contributed by atoms with Gasteiger partial charge in [-0.1, -0.05) is 0 Å². The fourth-order valence-corrected chi connectivity index (χ4v) is 1.57. The maximum absolute atomic E-state index is 12.6. The molecule has 6 heteroatoms. The molecule has 0 saturated carbocycles. The predicted molar refractivity (Wildman–Crippen MR) is 63.8 cm³/mol. The number of aromatic nitrogens is 2. The maximum Gasteiger partial charge on any atom is 0.339 e. The molecule has 2 aromatic heterocycles. The first-order valence-corrected chi connectivity index (χ1v) is 5.39. The largest absolute Gasteiger partial charge is 0.465 e. The van der Waals surface area contributed by atoms with E-state index in [1.807, 2.05) is 0 Å². The van der Waals surface area contributed by atoms with Crippen LogP contribution >= 0.6 is 0 Å². The first-order chi connectivity index (χ1) is 9.11. The smallest absolute Gasteiger partial charge is 0.339 e. The maximum atomic E-state index is 12.6. The highest BCUT2D eigenvalue weighted by molar-refractivity contribution is 5.90. The molecule has 2 rings (SSSR count). The minimum Gasteiger partial charge on any atom is -0.465 e. The van der Waals surface area contributed by atoms with E-state index in [0.717, 1.165) is 0 Å². The zero-order valence-corrected chi connectivity index (χ0v) is 10.0. The molecular weight excluding hydrogens is 254 g/mol. The summed E-state index contributed by atoms with van der Waals surface area (Å²) in [7, 11) is 1.26. The van der Waals surface area contributed by atoms with Crippen LogP contribution in [0.15, 0.2) is 36.8 Å². The third kappa shape index (κ3) is 2.90. The number of rotatable bonds is 3. The molecule has 0 bridgehead atoms. The van der Waals surface area contributed by atoms with Crippen LogP contribution in [0.3, 0.4) is 0 Å². The average molecular weight is 264 g/mol. The van der Waals surface area contributed by atoms with Crippen molar-refractivity contribution in [2.24, 2.45) is 0 Å². The summed E-state index contributed by atoms with van der Waals surface area (Å²) in [5.41, 5.74) is 1.01. The second-order valence-corrected chi connectivity index (χ2v) is 3.72. The molecule has 98 valence electrons. The number of ether oxygens (including phenoxy) is 1. The van der Waals surface area contributed by atoms with Crippen LogP contribution in [0, 0.1) is 0 Å². The van der Waals surface area contributed by atoms with Crippen LogP contribution in [0.4, 0.5) is 8.78 Å². The Morgan fingerprint density at radius 2 is 2.05 bits per heavy atom. The van der Waals surface area contributed by atoms with Gasteiger partial charge in [-0.15, -0.1) is 0 Å². The molecule has 0 aliphatic rings. The number of alkyl halides is 2. The van der Waals surface area contributed by atoms with E-state index in [-0.39, 0.29) is 11.3 Å². The van der Waals surface area contributed by atoms with Gasteiger partial charge >= 0.3 is 5.97 Å². The molecule has 0 fully saturated rings. The van der Waals surface area contributed by atoms with Gasteiger partial charge in [0.2, 0.25) is 0 Å². The van der Waals surface area contributed by atoms with E-state index in [4.69, 9.17) is 0 Å². The summed E-state index contributed by atoms with van der Waals surface area (Å²) in [6, 6.07) is 4.37. The van der Waals surface area contributed by atoms with E-state index in [1.54, 1.807) is 6.07 Å². The van der Waals surface area contributed by atoms with Crippen LogP contribution in [0.5, 0.6) is 0 Å². The van der Waals surface area contributed by atoms with E-state index in [2.05, 4.69) is 14.7 Å². The van der Waals surface area contributed by atoms with Crippen LogP contribution in [0.2, 0.25) is 0 Å². The van der Waals surface area contributed by atoms with Crippen LogP contribution in [-0.4, -0.2) is 23.0 Å². The van der Waals surface area contributed by atoms with Crippen molar-refractivity contribution < 1.29 is 18.3 Å². The van der Waals surface area contributed by atoms with Crippen molar-refractivity contribution in [3.8, 4) is 11.1 Å². The highest BCUT2D eigenvalue weighted by Gasteiger charge is 2.11. The minimum atomic E-state index is -2.64. The molecule has 2 aromatic rings. The summed E-state index contributed by atoms with van der Waals surface area (Å²) >= 11 is 0. The van der Waals surface area contributed by atoms with Gasteiger partial charge in [-0.25, -0.2) is 13.6 Å². The van der Waals surface area contributed by atoms with Gasteiger partial charge in [-0.3, -0.25) is 9.97 Å². The van der Waals surface area contributed by atoms with Crippen molar-refractivity contribution >= 4 is 5.97 Å². The standard InChI is InChI=1S/C13H10F2N2O2/c1-19-13(18)10-4-9(6-16-7-10)8-2-3-17-11(5-8)12(14)15/h2-7,12H,1H3. The van der Waals surface area contributed by atoms with Gasteiger partial charge in [0.15, 0.2) is 0 Å². The highest BCUT2D eigenvalue weighted by Crippen LogP contribution is 2.24. The molecule has 0 amide bonds. The lowest BCUT2D eigenvalue weighted by atomic mass is 10.1. The van der Waals surface area contributed by atoms with E-state index < -0.39 is 12.4 Å². The summed E-state index contributed by atoms with van der Waals surface area (Å²) in [5.74, 6) is -0.530. The van der Waals surface area contributed by atoms with Crippen molar-refractivity contribution in [2.45, 2.75) is 6.43 Å². The number of carbonyl (C=O) groups is 1. The Labute approximate surface area is 108 Å². The van der Waals surface area contributed by atoms with Crippen LogP contribution in [0.25, 0.3) is 11.1 Å². The third-order valence-electron chi connectivity index (χ3n) is 2.50. The molecule has 0 saturated heterocycles. The quantitative estimate of drug-likeness (QED) is 0.800.